The van der Waals surface area contributed by atoms with Gasteiger partial charge in [-0.25, -0.2) is 0 Å². The summed E-state index contributed by atoms with van der Waals surface area (Å²) in [7, 11) is 3.14. The number of ether oxygens (including phenoxy) is 1. The maximum absolute atomic E-state index is 12.7. The van der Waals surface area contributed by atoms with E-state index in [-0.39, 0.29) is 12.3 Å². The number of carbonyl (C=O) groups excluding carboxylic acids is 2. The van der Waals surface area contributed by atoms with Gasteiger partial charge < -0.3 is 10.1 Å². The quantitative estimate of drug-likeness (QED) is 0.680. The zero-order chi connectivity index (χ0) is 18.0. The van der Waals surface area contributed by atoms with E-state index >= 15 is 0 Å². The molecule has 0 aliphatic heterocycles. The monoisotopic (exact) mass is 401 g/mol. The molecule has 1 N–H and O–H groups in total. The Morgan fingerprint density at radius 3 is 2.76 bits per heavy atom. The van der Waals surface area contributed by atoms with Crippen molar-refractivity contribution >= 4 is 44.5 Å². The standard InChI is InChI=1S/C18H16BrN3O3/c1-22-15-8-7-12(19)10-14(15)17(21-22)20-18(24)13-6-4-3-5-11(13)9-16(23)25-2/h3-8,10H,9H2,1-2H3,(H,20,21,24). The van der Waals surface area contributed by atoms with Crippen LogP contribution in [0.4, 0.5) is 5.82 Å². The zero-order valence-corrected chi connectivity index (χ0v) is 15.3. The van der Waals surface area contributed by atoms with Crippen LogP contribution in [0.3, 0.4) is 0 Å². The van der Waals surface area contributed by atoms with Crippen molar-refractivity contribution in [2.24, 2.45) is 7.05 Å². The van der Waals surface area contributed by atoms with Gasteiger partial charge in [0.05, 0.1) is 19.0 Å². The van der Waals surface area contributed by atoms with Gasteiger partial charge in [-0.3, -0.25) is 14.3 Å². The number of hydrogen-bond donors (Lipinski definition) is 1. The highest BCUT2D eigenvalue weighted by atomic mass is 79.9. The van der Waals surface area contributed by atoms with E-state index in [2.05, 4.69) is 31.1 Å². The van der Waals surface area contributed by atoms with E-state index in [1.54, 1.807) is 28.9 Å². The number of aromatic nitrogens is 2. The normalized spacial score (nSPS) is 10.7. The smallest absolute Gasteiger partial charge is 0.310 e. The number of aryl methyl sites for hydroxylation is 1. The summed E-state index contributed by atoms with van der Waals surface area (Å²) in [5.41, 5.74) is 1.93. The van der Waals surface area contributed by atoms with E-state index in [0.717, 1.165) is 15.4 Å². The molecule has 0 spiro atoms. The summed E-state index contributed by atoms with van der Waals surface area (Å²) in [6.45, 7) is 0. The molecule has 0 aliphatic carbocycles. The number of halogens is 1. The lowest BCUT2D eigenvalue weighted by Gasteiger charge is -2.08. The Bertz CT molecular complexity index is 965. The number of esters is 1. The summed E-state index contributed by atoms with van der Waals surface area (Å²) in [5, 5.41) is 8.04. The van der Waals surface area contributed by atoms with E-state index in [0.29, 0.717) is 16.9 Å². The summed E-state index contributed by atoms with van der Waals surface area (Å²) in [6.07, 6.45) is 0.0363. The Morgan fingerprint density at radius 2 is 2.00 bits per heavy atom. The van der Waals surface area contributed by atoms with Crippen LogP contribution in [-0.4, -0.2) is 28.8 Å². The summed E-state index contributed by atoms with van der Waals surface area (Å²) in [4.78, 5) is 24.3. The molecule has 3 rings (SSSR count). The van der Waals surface area contributed by atoms with E-state index < -0.39 is 5.97 Å². The molecule has 0 saturated carbocycles. The van der Waals surface area contributed by atoms with Gasteiger partial charge in [0.2, 0.25) is 0 Å². The number of rotatable bonds is 4. The topological polar surface area (TPSA) is 73.2 Å². The summed E-state index contributed by atoms with van der Waals surface area (Å²) < 4.78 is 7.29. The molecule has 2 aromatic carbocycles. The molecule has 0 unspecified atom stereocenters. The summed E-state index contributed by atoms with van der Waals surface area (Å²) in [5.74, 6) is -0.247. The van der Waals surface area contributed by atoms with Crippen LogP contribution in [0.25, 0.3) is 10.9 Å². The maximum atomic E-state index is 12.7. The van der Waals surface area contributed by atoms with Crippen molar-refractivity contribution in [1.29, 1.82) is 0 Å². The lowest BCUT2D eigenvalue weighted by atomic mass is 10.0. The molecule has 0 bridgehead atoms. The van der Waals surface area contributed by atoms with Gasteiger partial charge in [0.25, 0.3) is 5.91 Å². The minimum Gasteiger partial charge on any atom is -0.469 e. The molecule has 6 nitrogen and oxygen atoms in total. The minimum absolute atomic E-state index is 0.0363. The molecule has 0 saturated heterocycles. The van der Waals surface area contributed by atoms with Crippen molar-refractivity contribution in [3.8, 4) is 0 Å². The molecule has 1 aromatic heterocycles. The number of nitrogens with one attached hydrogen (secondary N) is 1. The molecular formula is C18H16BrN3O3. The number of hydrogen-bond acceptors (Lipinski definition) is 4. The fourth-order valence-electron chi connectivity index (χ4n) is 2.63. The van der Waals surface area contributed by atoms with E-state index in [9.17, 15) is 9.59 Å². The van der Waals surface area contributed by atoms with Crippen LogP contribution in [0, 0.1) is 0 Å². The maximum Gasteiger partial charge on any atom is 0.310 e. The zero-order valence-electron chi connectivity index (χ0n) is 13.7. The first kappa shape index (κ1) is 17.2. The van der Waals surface area contributed by atoms with Gasteiger partial charge in [-0.1, -0.05) is 34.1 Å². The number of fused-ring (bicyclic) bond motifs is 1. The molecule has 25 heavy (non-hydrogen) atoms. The SMILES string of the molecule is COC(=O)Cc1ccccc1C(=O)Nc1nn(C)c2ccc(Br)cc12. The second-order valence-corrected chi connectivity index (χ2v) is 6.41. The predicted molar refractivity (Wildman–Crippen MR) is 98.5 cm³/mol. The average molecular weight is 402 g/mol. The van der Waals surface area contributed by atoms with E-state index in [1.807, 2.05) is 25.2 Å². The van der Waals surface area contributed by atoms with Crippen molar-refractivity contribution in [1.82, 2.24) is 9.78 Å². The van der Waals surface area contributed by atoms with Crippen LogP contribution in [-0.2, 0) is 23.0 Å². The first-order valence-electron chi connectivity index (χ1n) is 7.58. The number of methoxy groups -OCH3 is 1. The van der Waals surface area contributed by atoms with Crippen molar-refractivity contribution < 1.29 is 14.3 Å². The van der Waals surface area contributed by atoms with Crippen LogP contribution in [0.1, 0.15) is 15.9 Å². The molecule has 1 heterocycles. The molecule has 0 fully saturated rings. The summed E-state index contributed by atoms with van der Waals surface area (Å²) in [6, 6.07) is 12.7. The second-order valence-electron chi connectivity index (χ2n) is 5.50. The molecular weight excluding hydrogens is 386 g/mol. The van der Waals surface area contributed by atoms with E-state index in [4.69, 9.17) is 0 Å². The molecule has 128 valence electrons. The van der Waals surface area contributed by atoms with Gasteiger partial charge in [0.15, 0.2) is 5.82 Å². The second kappa shape index (κ2) is 7.06. The predicted octanol–water partition coefficient (Wildman–Crippen LogP) is 3.30. The third-order valence-corrected chi connectivity index (χ3v) is 4.36. The molecule has 0 radical (unpaired) electrons. The van der Waals surface area contributed by atoms with E-state index in [1.165, 1.54) is 7.11 Å². The van der Waals surface area contributed by atoms with Crippen LogP contribution < -0.4 is 5.32 Å². The lowest BCUT2D eigenvalue weighted by molar-refractivity contribution is -0.139. The first-order valence-corrected chi connectivity index (χ1v) is 8.37. The Balaban J connectivity index is 1.94. The van der Waals surface area contributed by atoms with Gasteiger partial charge >= 0.3 is 5.97 Å². The molecule has 7 heteroatoms. The Labute approximate surface area is 152 Å². The molecule has 1 amide bonds. The number of anilines is 1. The van der Waals surface area contributed by atoms with Crippen LogP contribution in [0.15, 0.2) is 46.9 Å². The van der Waals surface area contributed by atoms with Gasteiger partial charge in [0, 0.05) is 22.5 Å². The largest absolute Gasteiger partial charge is 0.469 e. The number of benzene rings is 2. The minimum atomic E-state index is -0.396. The lowest BCUT2D eigenvalue weighted by Crippen LogP contribution is -2.17. The highest BCUT2D eigenvalue weighted by molar-refractivity contribution is 9.10. The molecule has 0 atom stereocenters. The Kier molecular flexibility index (Phi) is 4.85. The average Bonchev–Trinajstić information content (AvgIpc) is 2.90. The van der Waals surface area contributed by atoms with Gasteiger partial charge in [0.1, 0.15) is 0 Å². The fraction of sp³-hybridized carbons (Fsp3) is 0.167. The summed E-state index contributed by atoms with van der Waals surface area (Å²) >= 11 is 3.43. The van der Waals surface area contributed by atoms with Crippen molar-refractivity contribution in [2.45, 2.75) is 6.42 Å². The fourth-order valence-corrected chi connectivity index (χ4v) is 2.99. The highest BCUT2D eigenvalue weighted by Crippen LogP contribution is 2.26. The number of amides is 1. The third kappa shape index (κ3) is 3.56. The molecule has 0 aliphatic rings. The molecule has 3 aromatic rings. The van der Waals surface area contributed by atoms with Crippen molar-refractivity contribution in [3.63, 3.8) is 0 Å². The van der Waals surface area contributed by atoms with Crippen molar-refractivity contribution in [3.05, 3.63) is 58.1 Å². The van der Waals surface area contributed by atoms with Gasteiger partial charge in [-0.2, -0.15) is 5.10 Å². The Hall–Kier alpha value is -2.67. The number of carbonyl (C=O) groups is 2. The van der Waals surface area contributed by atoms with Crippen molar-refractivity contribution in [2.75, 3.05) is 12.4 Å². The first-order chi connectivity index (χ1) is 12.0. The van der Waals surface area contributed by atoms with Gasteiger partial charge in [-0.05, 0) is 29.8 Å². The van der Waals surface area contributed by atoms with Crippen LogP contribution >= 0.6 is 15.9 Å². The number of nitrogens with zero attached hydrogens (tertiary/aromatic N) is 2. The third-order valence-electron chi connectivity index (χ3n) is 3.87. The Morgan fingerprint density at radius 1 is 1.24 bits per heavy atom. The highest BCUT2D eigenvalue weighted by Gasteiger charge is 2.17. The van der Waals surface area contributed by atoms with Gasteiger partial charge in [-0.15, -0.1) is 0 Å². The van der Waals surface area contributed by atoms with Crippen LogP contribution in [0.2, 0.25) is 0 Å². The van der Waals surface area contributed by atoms with Crippen LogP contribution in [0.5, 0.6) is 0 Å².